The van der Waals surface area contributed by atoms with E-state index < -0.39 is 93.5 Å². The molecule has 0 saturated carbocycles. The Labute approximate surface area is 719 Å². The zero-order valence-electron chi connectivity index (χ0n) is 69.4. The number of hydrogen-bond donors (Lipinski definition) is 3. The second kappa shape index (κ2) is 33.1. The lowest BCUT2D eigenvalue weighted by atomic mass is 9.71. The first-order valence-corrected chi connectivity index (χ1v) is 41.8. The molecule has 0 aromatic heterocycles. The minimum Gasteiger partial charge on any atom is -0.504 e. The van der Waals surface area contributed by atoms with Gasteiger partial charge in [0.2, 0.25) is 13.6 Å². The van der Waals surface area contributed by atoms with Crippen LogP contribution in [-0.2, 0) is 70.1 Å². The van der Waals surface area contributed by atoms with Gasteiger partial charge in [-0.1, -0.05) is 34.4 Å². The van der Waals surface area contributed by atoms with Crippen LogP contribution in [0.1, 0.15) is 181 Å². The molecule has 4 fully saturated rings. The monoisotopic (exact) mass is 1720 g/mol. The van der Waals surface area contributed by atoms with Gasteiger partial charge < -0.3 is 80.9 Å². The molecule has 32 heteroatoms. The summed E-state index contributed by atoms with van der Waals surface area (Å²) in [4.78, 5) is 77.9. The van der Waals surface area contributed by atoms with Gasteiger partial charge in [-0.15, -0.1) is 23.5 Å². The van der Waals surface area contributed by atoms with Crippen LogP contribution < -0.4 is 72.2 Å². The molecule has 14 atom stereocenters. The first-order valence-electron chi connectivity index (χ1n) is 39.7. The molecule has 652 valence electrons. The van der Waals surface area contributed by atoms with Crippen LogP contribution >= 0.6 is 23.5 Å². The van der Waals surface area contributed by atoms with Crippen LogP contribution in [0.5, 0.6) is 80.5 Å². The largest absolute Gasteiger partial charge is 0.514 e. The number of nitriles is 2. The molecule has 0 radical (unpaired) electrons. The highest BCUT2D eigenvalue weighted by Gasteiger charge is 2.65. The van der Waals surface area contributed by atoms with Gasteiger partial charge in [0.1, 0.15) is 42.4 Å². The van der Waals surface area contributed by atoms with Crippen molar-refractivity contribution >= 4 is 53.6 Å². The third kappa shape index (κ3) is 13.4. The van der Waals surface area contributed by atoms with Crippen molar-refractivity contribution in [2.75, 3.05) is 108 Å². The van der Waals surface area contributed by atoms with Crippen LogP contribution in [-0.4, -0.2) is 205 Å². The van der Waals surface area contributed by atoms with Crippen molar-refractivity contribution in [2.24, 2.45) is 0 Å². The summed E-state index contributed by atoms with van der Waals surface area (Å²) < 4.78 is 97.0. The van der Waals surface area contributed by atoms with E-state index in [1.54, 1.807) is 73.5 Å². The summed E-state index contributed by atoms with van der Waals surface area (Å²) in [6, 6.07) is 11.5. The van der Waals surface area contributed by atoms with E-state index in [-0.39, 0.29) is 108 Å². The minimum absolute atomic E-state index is 0. The predicted octanol–water partition coefficient (Wildman–Crippen LogP) is 12.1. The molecule has 6 aromatic carbocycles. The van der Waals surface area contributed by atoms with E-state index in [9.17, 15) is 34.8 Å². The molecule has 14 aliphatic heterocycles. The maximum Gasteiger partial charge on any atom is 0.514 e. The van der Waals surface area contributed by atoms with Crippen molar-refractivity contribution in [1.29, 1.82) is 10.5 Å². The lowest BCUT2D eigenvalue weighted by molar-refractivity contribution is -0.158. The number of thioether (sulfide) groups is 2. The van der Waals surface area contributed by atoms with Gasteiger partial charge in [0, 0.05) is 107 Å². The van der Waals surface area contributed by atoms with Crippen LogP contribution in [0.3, 0.4) is 0 Å². The smallest absolute Gasteiger partial charge is 0.504 e. The van der Waals surface area contributed by atoms with Crippen LogP contribution in [0.2, 0.25) is 0 Å². The van der Waals surface area contributed by atoms with Crippen LogP contribution in [0.4, 0.5) is 4.79 Å². The Morgan fingerprint density at radius 1 is 0.516 bits per heavy atom. The number of piperazine rings is 2. The Morgan fingerprint density at radius 2 is 0.926 bits per heavy atom. The quantitative estimate of drug-likeness (QED) is 0.0524. The number of aryl methyl sites for hydroxylation is 2. The van der Waals surface area contributed by atoms with Gasteiger partial charge in [-0.25, -0.2) is 14.4 Å². The molecule has 14 heterocycles. The van der Waals surface area contributed by atoms with Crippen molar-refractivity contribution in [1.82, 2.24) is 30.2 Å². The van der Waals surface area contributed by atoms with Gasteiger partial charge in [-0.05, 0) is 157 Å². The Kier molecular flexibility index (Phi) is 23.9. The second-order valence-corrected chi connectivity index (χ2v) is 35.4. The Balaban J connectivity index is 0.000000196. The molecule has 30 nitrogen and oxygen atoms in total. The number of esters is 4. The highest BCUT2D eigenvalue weighted by molar-refractivity contribution is 7.99. The number of carbonyl (C=O) groups excluding carboxylic acids is 5. The molecule has 3 N–H and O–H groups in total. The molecule has 2 unspecified atom stereocenters. The number of phenols is 1. The average Bonchev–Trinajstić information content (AvgIpc) is 0.960. The number of rotatable bonds is 9. The molecule has 2 spiro atoms. The molecule has 14 aliphatic rings. The molecule has 0 amide bonds. The zero-order valence-corrected chi connectivity index (χ0v) is 71.0. The topological polar surface area (TPSA) is 338 Å². The van der Waals surface area contributed by atoms with E-state index in [0.717, 1.165) is 50.1 Å². The minimum atomic E-state index is -1.42. The maximum atomic E-state index is 15.1. The number of aromatic hydroxyl groups is 1. The fourth-order valence-electron chi connectivity index (χ4n) is 21.2. The number of benzene rings is 6. The standard InChI is InChI=1S/C46H52N4O12S.C41H44N4O10S.3CH4/c1-21-13-25-14-27-28(17-47)50-29-18-57-43(52)46(26-16-30(54-8)31(15-24(26)11-12-48-46)61-44(53)62-45(4,5)6)19-63-42(36(50)35(49(27)7)32(25)40(56-10)37(21)55-9)34-33(29)41-39(58-20-59-41)22(2)38(34)60-23(3)51;1-18-10-22-11-24-25(14-42)45-26-15-52-40(48)41(23-13-28(49-5)27(47)12-21(23)8-9-43-41)16-56-39(33(45)32(44(24)4)29(22)37(51-7)34(18)50-6)31-30(26)38-36(53-17-54-38)19(2)35(31)55-20(3)46;;;/h13,15-16,27-29,35-36,42,48H,11-12,14,18-20H2,1-10H3;10,12-13,24-26,32-33,39,43,47H,8-9,11,15-17H2,1-7H3;3*1H4/t27-,28-,29-,35+,36?,42+,46+;24-,25-,26-,32+,33?,39+,41+;;;/m00.../s1. The molecular formula is C90H108N8O22S2. The van der Waals surface area contributed by atoms with Gasteiger partial charge in [0.15, 0.2) is 80.1 Å². The summed E-state index contributed by atoms with van der Waals surface area (Å²) in [7, 11) is 13.6. The van der Waals surface area contributed by atoms with E-state index in [1.807, 2.05) is 34.7 Å². The van der Waals surface area contributed by atoms with Crippen molar-refractivity contribution < 1.29 is 105 Å². The highest BCUT2D eigenvalue weighted by atomic mass is 32.2. The maximum absolute atomic E-state index is 15.1. The number of methoxy groups -OCH3 is 6. The number of nitrogens with zero attached hydrogens (tertiary/aromatic N) is 6. The fraction of sp³-hybridized carbons (Fsp3) is 0.522. The van der Waals surface area contributed by atoms with E-state index >= 15 is 4.79 Å². The van der Waals surface area contributed by atoms with E-state index in [4.69, 9.17) is 75.8 Å². The zero-order chi connectivity index (χ0) is 84.2. The lowest BCUT2D eigenvalue weighted by Gasteiger charge is -2.62. The van der Waals surface area contributed by atoms with Gasteiger partial charge in [0.05, 0.1) is 89.5 Å². The Bertz CT molecular complexity index is 5370. The summed E-state index contributed by atoms with van der Waals surface area (Å²) in [6.07, 6.45) is 1.32. The normalized spacial score (nSPS) is 27.0. The molecule has 8 bridgehead atoms. The van der Waals surface area contributed by atoms with Crippen molar-refractivity contribution in [3.8, 4) is 92.6 Å². The van der Waals surface area contributed by atoms with E-state index in [2.05, 4.69) is 61.6 Å². The van der Waals surface area contributed by atoms with Gasteiger partial charge in [0.25, 0.3) is 0 Å². The molecule has 122 heavy (non-hydrogen) atoms. The first-order chi connectivity index (χ1) is 57.1. The number of hydrogen-bond acceptors (Lipinski definition) is 32. The van der Waals surface area contributed by atoms with Gasteiger partial charge in [-0.2, -0.15) is 10.5 Å². The van der Waals surface area contributed by atoms with Crippen LogP contribution in [0.25, 0.3) is 0 Å². The van der Waals surface area contributed by atoms with Gasteiger partial charge >= 0.3 is 30.0 Å². The van der Waals surface area contributed by atoms with Crippen LogP contribution in [0, 0.1) is 50.4 Å². The second-order valence-electron chi connectivity index (χ2n) is 33.1. The van der Waals surface area contributed by atoms with Crippen molar-refractivity contribution in [2.45, 2.75) is 198 Å². The average molecular weight is 1720 g/mol. The summed E-state index contributed by atoms with van der Waals surface area (Å²) >= 11 is 3.03. The van der Waals surface area contributed by atoms with Gasteiger partial charge in [-0.3, -0.25) is 39.8 Å². The summed E-state index contributed by atoms with van der Waals surface area (Å²) in [5.74, 6) is 3.95. The SMILES string of the molecule is C.C.C.COc1cc2c(cc1O)CCN[C@]21CS[C@@H]2c3c(OC(C)=O)c(C)c4c(c3[C@H](COC1=O)N1C2[C@H]2c3c(cc(C)c(OC)c3OC)C[C@@H]([C@@H]1C#N)N2C)OCO4.COc1cc2c(cc1OC(=O)OC(C)(C)C)CCN[C@]21CS[C@@H]2c3c(OC(C)=O)c(C)c4c(c3[C@H](COC1=O)N1C2[C@H]2c3c(cc(C)c(OC)c3OC)C[C@@H]([C@@H]1C#N)N2C)OCO4. The number of nitrogens with one attached hydrogen (secondary N) is 2. The Morgan fingerprint density at radius 3 is 1.32 bits per heavy atom. The van der Waals surface area contributed by atoms with Crippen LogP contribution in [0.15, 0.2) is 36.4 Å². The fourth-order valence-corrected chi connectivity index (χ4v) is 24.5. The third-order valence-corrected chi connectivity index (χ3v) is 28.8. The Hall–Kier alpha value is -10.3. The number of fused-ring (bicyclic) bond motifs is 18. The molecule has 0 aliphatic carbocycles. The number of phenolic OH excluding ortho intramolecular Hbond substituents is 1. The summed E-state index contributed by atoms with van der Waals surface area (Å²) in [6.45, 7) is 16.1. The van der Waals surface area contributed by atoms with Crippen molar-refractivity contribution in [3.05, 3.63) is 125 Å². The van der Waals surface area contributed by atoms with E-state index in [0.29, 0.717) is 135 Å². The summed E-state index contributed by atoms with van der Waals surface area (Å²) in [5.41, 5.74) is 9.15. The third-order valence-electron chi connectivity index (χ3n) is 25.8. The molecule has 20 rings (SSSR count). The van der Waals surface area contributed by atoms with Crippen molar-refractivity contribution in [3.63, 3.8) is 0 Å². The lowest BCUT2D eigenvalue weighted by Crippen LogP contribution is -2.69. The van der Waals surface area contributed by atoms with E-state index in [1.165, 1.54) is 51.6 Å². The molecular weight excluding hydrogens is 1610 g/mol. The number of likely N-dealkylation sites (N-methyl/N-ethyl adjacent to an activating group) is 2. The predicted molar refractivity (Wildman–Crippen MR) is 451 cm³/mol. The summed E-state index contributed by atoms with van der Waals surface area (Å²) in [5, 5.41) is 39.3. The number of carbonyl (C=O) groups is 5. The molecule has 4 saturated heterocycles. The molecule has 6 aromatic rings. The first kappa shape index (κ1) is 88.0. The highest BCUT2D eigenvalue weighted by Crippen LogP contribution is 2.68. The number of ether oxygens (including phenoxy) is 16.